The van der Waals surface area contributed by atoms with Gasteiger partial charge in [-0.05, 0) is 94.6 Å². The van der Waals surface area contributed by atoms with Crippen LogP contribution in [-0.4, -0.2) is 23.9 Å². The van der Waals surface area contributed by atoms with Gasteiger partial charge in [-0.2, -0.15) is 0 Å². The lowest BCUT2D eigenvalue weighted by Crippen LogP contribution is -2.60. The largest absolute Gasteiger partial charge is 0.353 e. The number of halogens is 1. The molecule has 4 nitrogen and oxygen atoms in total. The van der Waals surface area contributed by atoms with Crippen LogP contribution in [0.3, 0.4) is 0 Å². The van der Waals surface area contributed by atoms with Gasteiger partial charge in [0.1, 0.15) is 5.54 Å². The molecule has 0 radical (unpaired) electrons. The van der Waals surface area contributed by atoms with Gasteiger partial charge >= 0.3 is 0 Å². The van der Waals surface area contributed by atoms with E-state index in [9.17, 15) is 4.79 Å². The Morgan fingerprint density at radius 1 is 0.635 bits per heavy atom. The monoisotopic (exact) mass is 739 g/mol. The van der Waals surface area contributed by atoms with E-state index in [1.807, 2.05) is 78.9 Å². The van der Waals surface area contributed by atoms with Gasteiger partial charge in [-0.25, -0.2) is 0 Å². The van der Waals surface area contributed by atoms with Crippen LogP contribution in [0.1, 0.15) is 77.7 Å². The SMILES string of the molecule is O=C1/C(=C/c2ccc([C@@H]3CN(c4ccc(Br)cc4)[C@]4(C(=O)c5cccc6cccc4c56)[C@]34CCc3ccccc3C4=O)cc2)CCc2ccccc21. The molecule has 1 fully saturated rings. The lowest BCUT2D eigenvalue weighted by molar-refractivity contribution is 0.0496. The summed E-state index contributed by atoms with van der Waals surface area (Å²) in [5, 5.41) is 1.96. The molecule has 0 N–H and O–H groups in total. The Morgan fingerprint density at radius 3 is 2.08 bits per heavy atom. The van der Waals surface area contributed by atoms with E-state index in [0.717, 1.165) is 66.3 Å². The molecule has 0 unspecified atom stereocenters. The van der Waals surface area contributed by atoms with Crippen molar-refractivity contribution in [2.45, 2.75) is 37.1 Å². The highest BCUT2D eigenvalue weighted by atomic mass is 79.9. The van der Waals surface area contributed by atoms with Gasteiger partial charge in [0.15, 0.2) is 17.3 Å². The number of hydrogen-bond donors (Lipinski definition) is 0. The summed E-state index contributed by atoms with van der Waals surface area (Å²) in [6.45, 7) is 0.487. The second-order valence-corrected chi connectivity index (χ2v) is 15.6. The van der Waals surface area contributed by atoms with E-state index in [2.05, 4.69) is 81.5 Å². The van der Waals surface area contributed by atoms with Crippen LogP contribution < -0.4 is 4.90 Å². The molecule has 0 saturated carbocycles. The molecule has 1 saturated heterocycles. The van der Waals surface area contributed by atoms with Crippen molar-refractivity contribution in [3.05, 3.63) is 188 Å². The molecule has 0 aromatic heterocycles. The Kier molecular flexibility index (Phi) is 6.97. The average molecular weight is 741 g/mol. The zero-order valence-corrected chi connectivity index (χ0v) is 30.0. The lowest BCUT2D eigenvalue weighted by atomic mass is 9.53. The Bertz CT molecular complexity index is 2530. The number of benzene rings is 6. The van der Waals surface area contributed by atoms with Gasteiger partial charge in [0.2, 0.25) is 0 Å². The van der Waals surface area contributed by atoms with Crippen molar-refractivity contribution in [1.82, 2.24) is 0 Å². The molecule has 3 aliphatic carbocycles. The van der Waals surface area contributed by atoms with E-state index in [0.29, 0.717) is 36.9 Å². The highest BCUT2D eigenvalue weighted by Crippen LogP contribution is 2.68. The Balaban J connectivity index is 1.18. The summed E-state index contributed by atoms with van der Waals surface area (Å²) in [6.07, 6.45) is 4.80. The number of rotatable bonds is 3. The number of hydrogen-bond acceptors (Lipinski definition) is 4. The van der Waals surface area contributed by atoms with Crippen LogP contribution in [0.5, 0.6) is 0 Å². The van der Waals surface area contributed by atoms with Crippen LogP contribution in [0.2, 0.25) is 0 Å². The van der Waals surface area contributed by atoms with Crippen LogP contribution in [0.25, 0.3) is 16.8 Å². The first-order valence-corrected chi connectivity index (χ1v) is 18.9. The summed E-state index contributed by atoms with van der Waals surface area (Å²) in [4.78, 5) is 47.0. The summed E-state index contributed by atoms with van der Waals surface area (Å²) in [5.74, 6) is -0.173. The highest BCUT2D eigenvalue weighted by molar-refractivity contribution is 9.10. The smallest absolute Gasteiger partial charge is 0.194 e. The standard InChI is InChI=1S/C47H34BrNO3/c48-35-21-23-36(24-22-35)49-28-41(32-17-15-29(16-18-32)27-34-20-19-30-7-1-3-11-37(30)43(34)50)46(26-25-31-8-2-4-12-38(31)44(46)51)47(49)40-14-6-10-33-9-5-13-39(42(33)40)45(47)52/h1-18,21-24,27,41H,19-20,25-26,28H2/b34-27+/t41-,46+,47+/m0/s1. The topological polar surface area (TPSA) is 54.5 Å². The molecule has 52 heavy (non-hydrogen) atoms. The van der Waals surface area contributed by atoms with Crippen molar-refractivity contribution < 1.29 is 14.4 Å². The number of Topliss-reactive ketones (excluding diaryl/α,β-unsaturated/α-hetero) is 3. The third kappa shape index (κ3) is 4.17. The highest BCUT2D eigenvalue weighted by Gasteiger charge is 2.74. The maximum Gasteiger partial charge on any atom is 0.194 e. The predicted octanol–water partition coefficient (Wildman–Crippen LogP) is 10.3. The summed E-state index contributed by atoms with van der Waals surface area (Å²) < 4.78 is 0.950. The molecular weight excluding hydrogens is 706 g/mol. The molecule has 1 aliphatic heterocycles. The molecule has 5 heteroatoms. The van der Waals surface area contributed by atoms with E-state index in [1.54, 1.807) is 0 Å². The van der Waals surface area contributed by atoms with Gasteiger partial charge in [-0.1, -0.05) is 125 Å². The number of carbonyl (C=O) groups is 3. The number of anilines is 1. The first-order valence-electron chi connectivity index (χ1n) is 18.1. The molecule has 3 atom stereocenters. The van der Waals surface area contributed by atoms with E-state index in [1.165, 1.54) is 0 Å². The zero-order chi connectivity index (χ0) is 35.2. The van der Waals surface area contributed by atoms with E-state index in [4.69, 9.17) is 0 Å². The summed E-state index contributed by atoms with van der Waals surface area (Å²) in [7, 11) is 0. The fourth-order valence-corrected chi connectivity index (χ4v) is 10.4. The van der Waals surface area contributed by atoms with E-state index < -0.39 is 11.0 Å². The van der Waals surface area contributed by atoms with Crippen LogP contribution in [0.15, 0.2) is 144 Å². The minimum atomic E-state index is -1.26. The predicted molar refractivity (Wildman–Crippen MR) is 209 cm³/mol. The second kappa shape index (κ2) is 11.6. The molecule has 2 spiro atoms. The van der Waals surface area contributed by atoms with Crippen LogP contribution >= 0.6 is 15.9 Å². The van der Waals surface area contributed by atoms with Gasteiger partial charge in [0, 0.05) is 44.9 Å². The molecule has 10 rings (SSSR count). The van der Waals surface area contributed by atoms with Crippen molar-refractivity contribution in [2.24, 2.45) is 5.41 Å². The zero-order valence-electron chi connectivity index (χ0n) is 28.4. The summed E-state index contributed by atoms with van der Waals surface area (Å²) in [6, 6.07) is 44.6. The van der Waals surface area contributed by atoms with Crippen molar-refractivity contribution in [3.63, 3.8) is 0 Å². The molecule has 4 aliphatic rings. The first-order chi connectivity index (χ1) is 25.4. The quantitative estimate of drug-likeness (QED) is 0.170. The normalized spacial score (nSPS) is 23.9. The molecule has 0 amide bonds. The molecule has 6 aromatic carbocycles. The number of carbonyl (C=O) groups excluding carboxylic acids is 3. The van der Waals surface area contributed by atoms with Crippen LogP contribution in [0.4, 0.5) is 5.69 Å². The maximum atomic E-state index is 15.7. The van der Waals surface area contributed by atoms with Crippen molar-refractivity contribution in [1.29, 1.82) is 0 Å². The Labute approximate surface area is 310 Å². The number of allylic oxidation sites excluding steroid dienone is 1. The molecule has 0 bridgehead atoms. The van der Waals surface area contributed by atoms with Crippen LogP contribution in [0, 0.1) is 5.41 Å². The van der Waals surface area contributed by atoms with Crippen molar-refractivity contribution >= 4 is 55.8 Å². The number of ketones is 3. The summed E-state index contributed by atoms with van der Waals surface area (Å²) >= 11 is 3.62. The third-order valence-electron chi connectivity index (χ3n) is 12.4. The van der Waals surface area contributed by atoms with Gasteiger partial charge in [-0.3, -0.25) is 14.4 Å². The van der Waals surface area contributed by atoms with Crippen molar-refractivity contribution in [3.8, 4) is 0 Å². The van der Waals surface area contributed by atoms with Gasteiger partial charge in [0.25, 0.3) is 0 Å². The Morgan fingerprint density at radius 2 is 1.31 bits per heavy atom. The number of fused-ring (bicyclic) bond motifs is 4. The van der Waals surface area contributed by atoms with Crippen LogP contribution in [-0.2, 0) is 18.4 Å². The minimum Gasteiger partial charge on any atom is -0.353 e. The van der Waals surface area contributed by atoms with Gasteiger partial charge < -0.3 is 4.90 Å². The lowest BCUT2D eigenvalue weighted by Gasteiger charge is -2.50. The number of aryl methyl sites for hydroxylation is 2. The fourth-order valence-electron chi connectivity index (χ4n) is 10.1. The maximum absolute atomic E-state index is 15.7. The molecular formula is C47H34BrNO3. The molecule has 1 heterocycles. The second-order valence-electron chi connectivity index (χ2n) is 14.7. The van der Waals surface area contributed by atoms with Gasteiger partial charge in [0.05, 0.1) is 5.41 Å². The van der Waals surface area contributed by atoms with E-state index >= 15 is 9.59 Å². The third-order valence-corrected chi connectivity index (χ3v) is 12.9. The van der Waals surface area contributed by atoms with Crippen molar-refractivity contribution in [2.75, 3.05) is 11.4 Å². The minimum absolute atomic E-state index is 0.00473. The Hall–Kier alpha value is -5.39. The average Bonchev–Trinajstić information content (AvgIpc) is 3.63. The number of nitrogens with zero attached hydrogens (tertiary/aromatic N) is 1. The van der Waals surface area contributed by atoms with E-state index in [-0.39, 0.29) is 23.3 Å². The van der Waals surface area contributed by atoms with Gasteiger partial charge in [-0.15, -0.1) is 0 Å². The summed E-state index contributed by atoms with van der Waals surface area (Å²) in [5.41, 5.74) is 6.58. The fraction of sp³-hybridized carbons (Fsp3) is 0.170. The molecule has 6 aromatic rings. The first kappa shape index (κ1) is 31.4. The molecule has 252 valence electrons.